The summed E-state index contributed by atoms with van der Waals surface area (Å²) in [5.41, 5.74) is 1.10. The highest BCUT2D eigenvalue weighted by atomic mass is 35.5. The van der Waals surface area contributed by atoms with Crippen LogP contribution in [0.4, 0.5) is 0 Å². The van der Waals surface area contributed by atoms with Crippen LogP contribution in [0.1, 0.15) is 32.8 Å². The van der Waals surface area contributed by atoms with E-state index in [9.17, 15) is 4.21 Å². The van der Waals surface area contributed by atoms with Crippen molar-refractivity contribution in [2.45, 2.75) is 38.5 Å². The van der Waals surface area contributed by atoms with Crippen LogP contribution in [0.25, 0.3) is 0 Å². The highest BCUT2D eigenvalue weighted by Crippen LogP contribution is 2.16. The van der Waals surface area contributed by atoms with Gasteiger partial charge in [0.25, 0.3) is 0 Å². The fourth-order valence-electron chi connectivity index (χ4n) is 1.56. The van der Waals surface area contributed by atoms with Crippen LogP contribution >= 0.6 is 11.6 Å². The molecule has 1 atom stereocenters. The molecule has 0 saturated heterocycles. The largest absolute Gasteiger partial charge is 0.312 e. The lowest BCUT2D eigenvalue weighted by molar-refractivity contribution is 0.427. The van der Waals surface area contributed by atoms with E-state index in [-0.39, 0.29) is 5.54 Å². The minimum Gasteiger partial charge on any atom is -0.312 e. The second kappa shape index (κ2) is 7.27. The van der Waals surface area contributed by atoms with Crippen molar-refractivity contribution in [3.63, 3.8) is 0 Å². The van der Waals surface area contributed by atoms with E-state index in [0.717, 1.165) is 18.5 Å². The smallest absolute Gasteiger partial charge is 0.0500 e. The van der Waals surface area contributed by atoms with E-state index in [4.69, 9.17) is 11.6 Å². The molecule has 0 saturated carbocycles. The quantitative estimate of drug-likeness (QED) is 0.813. The van der Waals surface area contributed by atoms with Gasteiger partial charge >= 0.3 is 0 Å². The van der Waals surface area contributed by atoms with Crippen molar-refractivity contribution in [3.05, 3.63) is 34.9 Å². The van der Waals surface area contributed by atoms with E-state index in [0.29, 0.717) is 16.5 Å². The van der Waals surface area contributed by atoms with Crippen LogP contribution in [0.3, 0.4) is 0 Å². The van der Waals surface area contributed by atoms with Crippen molar-refractivity contribution < 1.29 is 4.21 Å². The van der Waals surface area contributed by atoms with Crippen LogP contribution in [0.2, 0.25) is 5.02 Å². The van der Waals surface area contributed by atoms with Crippen molar-refractivity contribution in [2.24, 2.45) is 0 Å². The molecule has 0 spiro atoms. The average molecular weight is 288 g/mol. The van der Waals surface area contributed by atoms with Gasteiger partial charge in [0, 0.05) is 32.9 Å². The zero-order valence-electron chi connectivity index (χ0n) is 11.3. The van der Waals surface area contributed by atoms with Crippen LogP contribution in [0.5, 0.6) is 0 Å². The van der Waals surface area contributed by atoms with Gasteiger partial charge in [-0.25, -0.2) is 0 Å². The minimum absolute atomic E-state index is 0.129. The molecule has 1 N–H and O–H groups in total. The van der Waals surface area contributed by atoms with Crippen molar-refractivity contribution in [1.29, 1.82) is 0 Å². The Bertz CT molecular complexity index is 401. The third-order valence-corrected chi connectivity index (χ3v) is 4.22. The molecular formula is C14H22ClNOS. The third kappa shape index (κ3) is 6.53. The summed E-state index contributed by atoms with van der Waals surface area (Å²) < 4.78 is 11.9. The maximum Gasteiger partial charge on any atom is 0.0500 e. The average Bonchev–Trinajstić information content (AvgIpc) is 2.26. The maximum atomic E-state index is 11.9. The third-order valence-electron chi connectivity index (χ3n) is 2.48. The predicted octanol–water partition coefficient (Wildman–Crippen LogP) is 3.37. The van der Waals surface area contributed by atoms with Gasteiger partial charge < -0.3 is 5.32 Å². The summed E-state index contributed by atoms with van der Waals surface area (Å²) in [5.74, 6) is 1.27. The summed E-state index contributed by atoms with van der Waals surface area (Å²) in [5, 5.41) is 4.10. The normalized spacial score (nSPS) is 13.6. The maximum absolute atomic E-state index is 11.9. The molecule has 18 heavy (non-hydrogen) atoms. The van der Waals surface area contributed by atoms with E-state index in [1.54, 1.807) is 0 Å². The molecule has 0 aliphatic carbocycles. The predicted molar refractivity (Wildman–Crippen MR) is 80.5 cm³/mol. The topological polar surface area (TPSA) is 29.1 Å². The Morgan fingerprint density at radius 3 is 2.56 bits per heavy atom. The molecule has 0 amide bonds. The molecule has 0 aliphatic rings. The molecule has 0 bridgehead atoms. The minimum atomic E-state index is -0.834. The Morgan fingerprint density at radius 2 is 1.94 bits per heavy atom. The molecular weight excluding hydrogens is 266 g/mol. The molecule has 0 aromatic heterocycles. The molecule has 0 radical (unpaired) electrons. The molecule has 1 aromatic carbocycles. The molecule has 0 fully saturated rings. The zero-order valence-corrected chi connectivity index (χ0v) is 12.9. The van der Waals surface area contributed by atoms with Crippen LogP contribution in [-0.2, 0) is 16.6 Å². The monoisotopic (exact) mass is 287 g/mol. The van der Waals surface area contributed by atoms with Gasteiger partial charge in [0.05, 0.1) is 0 Å². The molecule has 0 heterocycles. The summed E-state index contributed by atoms with van der Waals surface area (Å²) in [6.07, 6.45) is 0.925. The first-order chi connectivity index (χ1) is 8.38. The summed E-state index contributed by atoms with van der Waals surface area (Å²) >= 11 is 6.04. The zero-order chi connectivity index (χ0) is 13.6. The first-order valence-electron chi connectivity index (χ1n) is 6.22. The lowest BCUT2D eigenvalue weighted by atomic mass is 10.1. The van der Waals surface area contributed by atoms with Gasteiger partial charge in [0.1, 0.15) is 0 Å². The van der Waals surface area contributed by atoms with Crippen molar-refractivity contribution in [2.75, 3.05) is 12.3 Å². The first kappa shape index (κ1) is 15.7. The van der Waals surface area contributed by atoms with Crippen molar-refractivity contribution in [1.82, 2.24) is 5.32 Å². The Labute approximate surface area is 118 Å². The van der Waals surface area contributed by atoms with Crippen LogP contribution in [0.15, 0.2) is 24.3 Å². The second-order valence-electron chi connectivity index (χ2n) is 5.41. The number of halogens is 1. The fraction of sp³-hybridized carbons (Fsp3) is 0.571. The van der Waals surface area contributed by atoms with E-state index in [1.165, 1.54) is 0 Å². The van der Waals surface area contributed by atoms with E-state index in [2.05, 4.69) is 26.1 Å². The number of nitrogens with one attached hydrogen (secondary N) is 1. The Morgan fingerprint density at radius 1 is 1.28 bits per heavy atom. The summed E-state index contributed by atoms with van der Waals surface area (Å²) in [7, 11) is -0.834. The van der Waals surface area contributed by atoms with Gasteiger partial charge in [-0.3, -0.25) is 4.21 Å². The van der Waals surface area contributed by atoms with E-state index >= 15 is 0 Å². The Hall–Kier alpha value is -0.380. The molecule has 1 unspecified atom stereocenters. The number of benzene rings is 1. The van der Waals surface area contributed by atoms with E-state index < -0.39 is 10.8 Å². The number of hydrogen-bond donors (Lipinski definition) is 1. The Balaban J connectivity index is 2.29. The standard InChI is InChI=1S/C14H22ClNOS/c1-14(2,3)16-9-6-10-18(17)11-12-7-4-5-8-13(12)15/h4-5,7-8,16H,6,9-11H2,1-3H3. The van der Waals surface area contributed by atoms with Crippen LogP contribution in [0, 0.1) is 0 Å². The highest BCUT2D eigenvalue weighted by molar-refractivity contribution is 7.84. The van der Waals surface area contributed by atoms with Gasteiger partial charge in [-0.1, -0.05) is 29.8 Å². The molecule has 102 valence electrons. The molecule has 0 aliphatic heterocycles. The molecule has 4 heteroatoms. The second-order valence-corrected chi connectivity index (χ2v) is 7.39. The lowest BCUT2D eigenvalue weighted by Gasteiger charge is -2.20. The first-order valence-corrected chi connectivity index (χ1v) is 8.08. The van der Waals surface area contributed by atoms with Gasteiger partial charge in [0.2, 0.25) is 0 Å². The molecule has 1 rings (SSSR count). The van der Waals surface area contributed by atoms with Gasteiger partial charge in [0.15, 0.2) is 0 Å². The van der Waals surface area contributed by atoms with Gasteiger partial charge in [-0.05, 0) is 45.4 Å². The Kier molecular flexibility index (Phi) is 6.33. The lowest BCUT2D eigenvalue weighted by Crippen LogP contribution is -2.36. The highest BCUT2D eigenvalue weighted by Gasteiger charge is 2.09. The van der Waals surface area contributed by atoms with E-state index in [1.807, 2.05) is 24.3 Å². The van der Waals surface area contributed by atoms with Gasteiger partial charge in [-0.2, -0.15) is 0 Å². The summed E-state index contributed by atoms with van der Waals surface area (Å²) in [4.78, 5) is 0. The summed E-state index contributed by atoms with van der Waals surface area (Å²) in [6, 6.07) is 7.60. The fourth-order valence-corrected chi connectivity index (χ4v) is 3.05. The van der Waals surface area contributed by atoms with Crippen molar-refractivity contribution in [3.8, 4) is 0 Å². The van der Waals surface area contributed by atoms with Gasteiger partial charge in [-0.15, -0.1) is 0 Å². The molecule has 2 nitrogen and oxygen atoms in total. The SMILES string of the molecule is CC(C)(C)NCCCS(=O)Cc1ccccc1Cl. The summed E-state index contributed by atoms with van der Waals surface area (Å²) in [6.45, 7) is 7.30. The number of hydrogen-bond acceptors (Lipinski definition) is 2. The molecule has 1 aromatic rings. The van der Waals surface area contributed by atoms with Crippen LogP contribution in [-0.4, -0.2) is 22.0 Å². The van der Waals surface area contributed by atoms with Crippen LogP contribution < -0.4 is 5.32 Å². The number of rotatable bonds is 6. The van der Waals surface area contributed by atoms with Crippen molar-refractivity contribution >= 4 is 22.4 Å².